The monoisotopic (exact) mass is 581 g/mol. The van der Waals surface area contributed by atoms with Crippen LogP contribution in [0.1, 0.15) is 52.0 Å². The molecule has 1 saturated heterocycles. The zero-order valence-corrected chi connectivity index (χ0v) is 22.7. The molecule has 0 aromatic carbocycles. The van der Waals surface area contributed by atoms with Gasteiger partial charge in [-0.25, -0.2) is 15.0 Å². The van der Waals surface area contributed by atoms with E-state index < -0.39 is 20.8 Å². The molecule has 8 nitrogen and oxygen atoms in total. The standard InChI is InChI=1S/C20H34IN4O4SSi/c1-5-8-30-29-31(9-6-2,10-7-3)27-11-15-18(26)16(21)20(28-15)25-13-24-17-14(4)22-12-23-19(17)25/h12-13,15-16,18,20,26,29H,5-11H2,1-4H3/t15?,16?,18?,20-/m1/s1. The lowest BCUT2D eigenvalue weighted by Crippen LogP contribution is -2.46. The molecule has 1 aliphatic rings. The van der Waals surface area contributed by atoms with E-state index in [0.717, 1.165) is 54.0 Å². The minimum Gasteiger partial charge on any atom is -0.565 e. The smallest absolute Gasteiger partial charge is 0.354 e. The van der Waals surface area contributed by atoms with Crippen LogP contribution < -0.4 is 0 Å². The fourth-order valence-electron chi connectivity index (χ4n) is 3.88. The van der Waals surface area contributed by atoms with Crippen LogP contribution in [0.25, 0.3) is 11.2 Å². The molecule has 0 radical (unpaired) electrons. The summed E-state index contributed by atoms with van der Waals surface area (Å²) in [6.07, 6.45) is 5.06. The van der Waals surface area contributed by atoms with Gasteiger partial charge in [-0.3, -0.25) is 4.57 Å². The summed E-state index contributed by atoms with van der Waals surface area (Å²) in [7, 11) is -2.24. The molecule has 1 fully saturated rings. The maximum absolute atomic E-state index is 10.9. The highest BCUT2D eigenvalue weighted by atomic mass is 127. The van der Waals surface area contributed by atoms with Crippen molar-refractivity contribution in [2.75, 3.05) is 12.4 Å². The molecule has 2 aromatic rings. The van der Waals surface area contributed by atoms with E-state index >= 15 is 0 Å². The van der Waals surface area contributed by atoms with Gasteiger partial charge in [0.25, 0.3) is 0 Å². The predicted molar refractivity (Wildman–Crippen MR) is 135 cm³/mol. The van der Waals surface area contributed by atoms with Crippen LogP contribution in [-0.2, 0) is 9.16 Å². The number of alkyl halides is 1. The van der Waals surface area contributed by atoms with Gasteiger partial charge in [-0.2, -0.15) is 0 Å². The highest BCUT2D eigenvalue weighted by molar-refractivity contribution is 14.1. The van der Waals surface area contributed by atoms with Crippen molar-refractivity contribution in [3.8, 4) is 0 Å². The molecule has 4 atom stereocenters. The molecule has 0 aliphatic carbocycles. The quantitative estimate of drug-likeness (QED) is 0.101. The Balaban J connectivity index is 1.73. The average Bonchev–Trinajstić information content (AvgIpc) is 3.30. The van der Waals surface area contributed by atoms with Gasteiger partial charge in [0.15, 0.2) is 11.9 Å². The highest BCUT2D eigenvalue weighted by Crippen LogP contribution is 2.37. The SMILES string of the molecule is CCCS[OH+][Si-](CCC)(CCC)OCC1O[C@@H](n2cnc3c(C)ncnc32)C(I)C1O. The molecule has 0 amide bonds. The molecule has 3 rings (SSSR count). The molecule has 2 aromatic heterocycles. The molecule has 2 N–H and O–H groups in total. The highest BCUT2D eigenvalue weighted by Gasteiger charge is 2.45. The summed E-state index contributed by atoms with van der Waals surface area (Å²) in [6, 6.07) is 2.00. The number of aromatic nitrogens is 4. The van der Waals surface area contributed by atoms with Crippen LogP contribution in [0.2, 0.25) is 12.1 Å². The Kier molecular flexibility index (Phi) is 9.56. The van der Waals surface area contributed by atoms with Gasteiger partial charge >= 0.3 is 8.56 Å². The van der Waals surface area contributed by atoms with Crippen LogP contribution in [0.4, 0.5) is 0 Å². The second-order valence-corrected chi connectivity index (χ2v) is 14.0. The normalized spacial score (nSPS) is 24.3. The van der Waals surface area contributed by atoms with Gasteiger partial charge in [0.1, 0.15) is 30.0 Å². The van der Waals surface area contributed by atoms with E-state index in [1.54, 1.807) is 18.4 Å². The number of rotatable bonds is 12. The molecular weight excluding hydrogens is 547 g/mol. The van der Waals surface area contributed by atoms with Crippen molar-refractivity contribution in [1.82, 2.24) is 19.5 Å². The van der Waals surface area contributed by atoms with E-state index in [0.29, 0.717) is 6.61 Å². The number of imidazole rings is 1. The number of ether oxygens (including phenoxy) is 1. The number of hydrogen-bond donors (Lipinski definition) is 1. The second-order valence-electron chi connectivity index (χ2n) is 7.96. The van der Waals surface area contributed by atoms with Crippen LogP contribution >= 0.6 is 34.6 Å². The van der Waals surface area contributed by atoms with E-state index in [1.165, 1.54) is 6.33 Å². The fraction of sp³-hybridized carbons (Fsp3) is 0.750. The van der Waals surface area contributed by atoms with E-state index in [2.05, 4.69) is 58.3 Å². The van der Waals surface area contributed by atoms with Crippen molar-refractivity contribution in [2.45, 2.75) is 81.4 Å². The Morgan fingerprint density at radius 2 is 1.97 bits per heavy atom. The van der Waals surface area contributed by atoms with Gasteiger partial charge in [-0.05, 0) is 13.3 Å². The first-order valence-electron chi connectivity index (χ1n) is 11.1. The maximum atomic E-state index is 10.9. The Morgan fingerprint density at radius 1 is 1.23 bits per heavy atom. The molecule has 11 heteroatoms. The fourth-order valence-corrected chi connectivity index (χ4v) is 9.87. The first kappa shape index (κ1) is 25.3. The summed E-state index contributed by atoms with van der Waals surface area (Å²) in [5.41, 5.74) is 2.31. The molecule has 0 saturated carbocycles. The van der Waals surface area contributed by atoms with Gasteiger partial charge in [-0.1, -0.05) is 68.3 Å². The molecular formula is C20H34IN4O4SSi. The predicted octanol–water partition coefficient (Wildman–Crippen LogP) is 4.06. The van der Waals surface area contributed by atoms with Gasteiger partial charge in [-0.15, -0.1) is 0 Å². The lowest BCUT2D eigenvalue weighted by Gasteiger charge is -2.36. The molecule has 0 bridgehead atoms. The van der Waals surface area contributed by atoms with Crippen molar-refractivity contribution in [3.05, 3.63) is 18.3 Å². The summed E-state index contributed by atoms with van der Waals surface area (Å²) in [6.45, 7) is 8.82. The van der Waals surface area contributed by atoms with Crippen molar-refractivity contribution in [3.63, 3.8) is 0 Å². The largest absolute Gasteiger partial charge is 0.565 e. The van der Waals surface area contributed by atoms with Gasteiger partial charge < -0.3 is 18.1 Å². The van der Waals surface area contributed by atoms with E-state index in [-0.39, 0.29) is 10.2 Å². The van der Waals surface area contributed by atoms with Crippen LogP contribution in [-0.4, -0.2) is 65.6 Å². The van der Waals surface area contributed by atoms with E-state index in [1.807, 2.05) is 11.5 Å². The summed E-state index contributed by atoms with van der Waals surface area (Å²) < 4.78 is 19.6. The number of aliphatic hydroxyl groups is 1. The second kappa shape index (κ2) is 11.7. The van der Waals surface area contributed by atoms with E-state index in [9.17, 15) is 5.11 Å². The summed E-state index contributed by atoms with van der Waals surface area (Å²) in [5.74, 6) is 1.01. The Hall–Kier alpha value is -0.313. The van der Waals surface area contributed by atoms with Crippen LogP contribution in [0.3, 0.4) is 0 Å². The van der Waals surface area contributed by atoms with Crippen LogP contribution in [0.5, 0.6) is 0 Å². The molecule has 1 aliphatic heterocycles. The maximum Gasteiger partial charge on any atom is 0.354 e. The Bertz CT molecular complexity index is 839. The third-order valence-corrected chi connectivity index (χ3v) is 12.5. The van der Waals surface area contributed by atoms with E-state index in [4.69, 9.17) is 13.0 Å². The van der Waals surface area contributed by atoms with Gasteiger partial charge in [0.05, 0.1) is 27.8 Å². The number of nitrogens with zero attached hydrogens (tertiary/aromatic N) is 4. The molecule has 0 spiro atoms. The third kappa shape index (κ3) is 5.79. The first-order chi connectivity index (χ1) is 15.0. The van der Waals surface area contributed by atoms with Crippen molar-refractivity contribution in [1.29, 1.82) is 0 Å². The van der Waals surface area contributed by atoms with Crippen LogP contribution in [0.15, 0.2) is 12.7 Å². The van der Waals surface area contributed by atoms with Gasteiger partial charge in [0.2, 0.25) is 0 Å². The minimum atomic E-state index is -2.24. The zero-order valence-electron chi connectivity index (χ0n) is 18.7. The third-order valence-electron chi connectivity index (χ3n) is 5.43. The number of halogens is 1. The average molecular weight is 582 g/mol. The zero-order chi connectivity index (χ0) is 22.4. The summed E-state index contributed by atoms with van der Waals surface area (Å²) >= 11 is 3.92. The van der Waals surface area contributed by atoms with Crippen molar-refractivity contribution < 1.29 is 18.1 Å². The Labute approximate surface area is 203 Å². The van der Waals surface area contributed by atoms with Crippen molar-refractivity contribution >= 4 is 54.4 Å². The number of aryl methyl sites for hydroxylation is 1. The number of aliphatic hydroxyl groups excluding tert-OH is 1. The minimum absolute atomic E-state index is 0.140. The summed E-state index contributed by atoms with van der Waals surface area (Å²) in [4.78, 5) is 13.1. The molecule has 175 valence electrons. The lowest BCUT2D eigenvalue weighted by atomic mass is 10.2. The molecule has 3 heterocycles. The first-order valence-corrected chi connectivity index (χ1v) is 15.5. The number of hydrogen-bond acceptors (Lipinski definition) is 7. The van der Waals surface area contributed by atoms with Crippen molar-refractivity contribution in [2.24, 2.45) is 0 Å². The molecule has 31 heavy (non-hydrogen) atoms. The van der Waals surface area contributed by atoms with Gasteiger partial charge in [0, 0.05) is 6.61 Å². The topological polar surface area (TPSA) is 95.1 Å². The van der Waals surface area contributed by atoms with Crippen LogP contribution in [0, 0.1) is 6.92 Å². The summed E-state index contributed by atoms with van der Waals surface area (Å²) in [5, 5.41) is 10.9. The number of fused-ring (bicyclic) bond motifs is 1. The lowest BCUT2D eigenvalue weighted by molar-refractivity contribution is -0.0446. The molecule has 3 unspecified atom stereocenters. The Morgan fingerprint density at radius 3 is 2.65 bits per heavy atom.